The SMILES string of the molecule is CCCC(COC)Nc1ncnc(Cl)c1CC. The van der Waals surface area contributed by atoms with Gasteiger partial charge in [0, 0.05) is 12.7 Å². The van der Waals surface area contributed by atoms with Gasteiger partial charge in [0.15, 0.2) is 0 Å². The fraction of sp³-hybridized carbons (Fsp3) is 0.667. The van der Waals surface area contributed by atoms with Crippen molar-refractivity contribution in [3.05, 3.63) is 17.0 Å². The molecule has 0 aliphatic carbocycles. The van der Waals surface area contributed by atoms with Crippen LogP contribution in [-0.4, -0.2) is 29.7 Å². The first-order valence-electron chi connectivity index (χ1n) is 5.97. The number of hydrogen-bond donors (Lipinski definition) is 1. The highest BCUT2D eigenvalue weighted by molar-refractivity contribution is 6.30. The molecule has 1 atom stereocenters. The highest BCUT2D eigenvalue weighted by Crippen LogP contribution is 2.21. The smallest absolute Gasteiger partial charge is 0.137 e. The van der Waals surface area contributed by atoms with Gasteiger partial charge < -0.3 is 10.1 Å². The summed E-state index contributed by atoms with van der Waals surface area (Å²) in [7, 11) is 1.71. The molecular formula is C12H20ClN3O. The average molecular weight is 258 g/mol. The molecule has 1 heterocycles. The van der Waals surface area contributed by atoms with E-state index >= 15 is 0 Å². The Hall–Kier alpha value is -0.870. The highest BCUT2D eigenvalue weighted by Gasteiger charge is 2.12. The van der Waals surface area contributed by atoms with E-state index < -0.39 is 0 Å². The van der Waals surface area contributed by atoms with E-state index in [9.17, 15) is 0 Å². The van der Waals surface area contributed by atoms with E-state index in [0.29, 0.717) is 11.8 Å². The van der Waals surface area contributed by atoms with E-state index in [4.69, 9.17) is 16.3 Å². The molecule has 1 unspecified atom stereocenters. The fourth-order valence-electron chi connectivity index (χ4n) is 1.77. The number of nitrogens with zero attached hydrogens (tertiary/aromatic N) is 2. The highest BCUT2D eigenvalue weighted by atomic mass is 35.5. The monoisotopic (exact) mass is 257 g/mol. The molecule has 0 amide bonds. The molecule has 1 rings (SSSR count). The summed E-state index contributed by atoms with van der Waals surface area (Å²) >= 11 is 6.04. The summed E-state index contributed by atoms with van der Waals surface area (Å²) in [6.45, 7) is 4.86. The van der Waals surface area contributed by atoms with Crippen LogP contribution in [0.3, 0.4) is 0 Å². The molecule has 0 spiro atoms. The van der Waals surface area contributed by atoms with Crippen molar-refractivity contribution in [1.82, 2.24) is 9.97 Å². The van der Waals surface area contributed by atoms with Gasteiger partial charge in [-0.25, -0.2) is 9.97 Å². The van der Waals surface area contributed by atoms with Crippen molar-refractivity contribution in [3.8, 4) is 0 Å². The minimum absolute atomic E-state index is 0.265. The number of aromatic nitrogens is 2. The van der Waals surface area contributed by atoms with Crippen LogP contribution in [-0.2, 0) is 11.2 Å². The molecule has 0 bridgehead atoms. The van der Waals surface area contributed by atoms with Gasteiger partial charge in [-0.3, -0.25) is 0 Å². The lowest BCUT2D eigenvalue weighted by Crippen LogP contribution is -2.26. The normalized spacial score (nSPS) is 12.5. The molecule has 0 saturated carbocycles. The number of hydrogen-bond acceptors (Lipinski definition) is 4. The first-order valence-corrected chi connectivity index (χ1v) is 6.35. The van der Waals surface area contributed by atoms with E-state index in [-0.39, 0.29) is 6.04 Å². The van der Waals surface area contributed by atoms with E-state index in [1.807, 2.05) is 6.92 Å². The third-order valence-electron chi connectivity index (χ3n) is 2.59. The third-order valence-corrected chi connectivity index (χ3v) is 2.92. The maximum Gasteiger partial charge on any atom is 0.137 e. The van der Waals surface area contributed by atoms with E-state index in [2.05, 4.69) is 22.2 Å². The standard InChI is InChI=1S/C12H20ClN3O/c1-4-6-9(7-17-3)16-12-10(5-2)11(13)14-8-15-12/h8-9H,4-7H2,1-3H3,(H,14,15,16). The Morgan fingerprint density at radius 1 is 1.41 bits per heavy atom. The minimum atomic E-state index is 0.265. The maximum atomic E-state index is 6.04. The molecule has 0 aromatic carbocycles. The summed E-state index contributed by atoms with van der Waals surface area (Å²) in [6, 6.07) is 0.265. The van der Waals surface area contributed by atoms with Crippen LogP contribution in [0.4, 0.5) is 5.82 Å². The summed E-state index contributed by atoms with van der Waals surface area (Å²) in [5.41, 5.74) is 0.964. The molecular weight excluding hydrogens is 238 g/mol. The lowest BCUT2D eigenvalue weighted by atomic mass is 10.1. The van der Waals surface area contributed by atoms with Gasteiger partial charge in [-0.2, -0.15) is 0 Å². The number of halogens is 1. The van der Waals surface area contributed by atoms with Crippen LogP contribution in [0.15, 0.2) is 6.33 Å². The van der Waals surface area contributed by atoms with Crippen LogP contribution in [0.1, 0.15) is 32.3 Å². The van der Waals surface area contributed by atoms with Gasteiger partial charge in [0.25, 0.3) is 0 Å². The zero-order chi connectivity index (χ0) is 12.7. The second-order valence-electron chi connectivity index (χ2n) is 3.93. The van der Waals surface area contributed by atoms with E-state index in [0.717, 1.165) is 30.6 Å². The van der Waals surface area contributed by atoms with Crippen molar-refractivity contribution in [3.63, 3.8) is 0 Å². The van der Waals surface area contributed by atoms with Crippen molar-refractivity contribution < 1.29 is 4.74 Å². The predicted molar refractivity (Wildman–Crippen MR) is 70.6 cm³/mol. The average Bonchev–Trinajstić information content (AvgIpc) is 2.30. The van der Waals surface area contributed by atoms with Gasteiger partial charge in [-0.15, -0.1) is 0 Å². The first-order chi connectivity index (χ1) is 8.22. The first kappa shape index (κ1) is 14.2. The largest absolute Gasteiger partial charge is 0.383 e. The summed E-state index contributed by atoms with van der Waals surface area (Å²) < 4.78 is 5.19. The zero-order valence-electron chi connectivity index (χ0n) is 10.7. The Bertz CT molecular complexity index is 341. The Morgan fingerprint density at radius 2 is 2.18 bits per heavy atom. The molecule has 0 fully saturated rings. The zero-order valence-corrected chi connectivity index (χ0v) is 11.4. The second-order valence-corrected chi connectivity index (χ2v) is 4.29. The Morgan fingerprint density at radius 3 is 2.76 bits per heavy atom. The van der Waals surface area contributed by atoms with Crippen molar-refractivity contribution in [2.45, 2.75) is 39.2 Å². The molecule has 1 aromatic heterocycles. The van der Waals surface area contributed by atoms with Gasteiger partial charge >= 0.3 is 0 Å². The van der Waals surface area contributed by atoms with Crippen LogP contribution >= 0.6 is 11.6 Å². The molecule has 0 saturated heterocycles. The number of rotatable bonds is 7. The van der Waals surface area contributed by atoms with Crippen LogP contribution in [0.5, 0.6) is 0 Å². The number of methoxy groups -OCH3 is 1. The summed E-state index contributed by atoms with van der Waals surface area (Å²) in [4.78, 5) is 8.25. The number of anilines is 1. The molecule has 4 nitrogen and oxygen atoms in total. The van der Waals surface area contributed by atoms with Crippen LogP contribution in [0.25, 0.3) is 0 Å². The van der Waals surface area contributed by atoms with Gasteiger partial charge in [0.1, 0.15) is 17.3 Å². The molecule has 0 aliphatic rings. The van der Waals surface area contributed by atoms with Gasteiger partial charge in [-0.1, -0.05) is 31.9 Å². The van der Waals surface area contributed by atoms with Gasteiger partial charge in [0.05, 0.1) is 12.6 Å². The third kappa shape index (κ3) is 4.13. The Kier molecular flexibility index (Phi) is 6.22. The van der Waals surface area contributed by atoms with Crippen LogP contribution in [0, 0.1) is 0 Å². The van der Waals surface area contributed by atoms with Crippen LogP contribution < -0.4 is 5.32 Å². The van der Waals surface area contributed by atoms with Gasteiger partial charge in [-0.05, 0) is 12.8 Å². The molecule has 17 heavy (non-hydrogen) atoms. The molecule has 0 radical (unpaired) electrons. The summed E-state index contributed by atoms with van der Waals surface area (Å²) in [5.74, 6) is 0.822. The topological polar surface area (TPSA) is 47.0 Å². The second kappa shape index (κ2) is 7.45. The minimum Gasteiger partial charge on any atom is -0.383 e. The summed E-state index contributed by atoms with van der Waals surface area (Å²) in [5, 5.41) is 3.91. The maximum absolute atomic E-state index is 6.04. The quantitative estimate of drug-likeness (QED) is 0.763. The van der Waals surface area contributed by atoms with Crippen molar-refractivity contribution in [2.24, 2.45) is 0 Å². The van der Waals surface area contributed by atoms with E-state index in [1.54, 1.807) is 7.11 Å². The lowest BCUT2D eigenvalue weighted by Gasteiger charge is -2.19. The molecule has 0 aliphatic heterocycles. The van der Waals surface area contributed by atoms with Crippen molar-refractivity contribution in [2.75, 3.05) is 19.0 Å². The summed E-state index contributed by atoms with van der Waals surface area (Å²) in [6.07, 6.45) is 4.44. The molecule has 96 valence electrons. The van der Waals surface area contributed by atoms with Crippen LogP contribution in [0.2, 0.25) is 5.15 Å². The van der Waals surface area contributed by atoms with E-state index in [1.165, 1.54) is 6.33 Å². The Labute approximate surface area is 108 Å². The lowest BCUT2D eigenvalue weighted by molar-refractivity contribution is 0.182. The molecule has 5 heteroatoms. The van der Waals surface area contributed by atoms with Crippen molar-refractivity contribution in [1.29, 1.82) is 0 Å². The number of nitrogens with one attached hydrogen (secondary N) is 1. The molecule has 1 N–H and O–H groups in total. The predicted octanol–water partition coefficient (Wildman–Crippen LogP) is 2.92. The van der Waals surface area contributed by atoms with Crippen molar-refractivity contribution >= 4 is 17.4 Å². The van der Waals surface area contributed by atoms with Gasteiger partial charge in [0.2, 0.25) is 0 Å². The Balaban J connectivity index is 2.80. The molecule has 1 aromatic rings. The fourth-order valence-corrected chi connectivity index (χ4v) is 2.04. The number of ether oxygens (including phenoxy) is 1.